The van der Waals surface area contributed by atoms with E-state index in [1.165, 1.54) is 0 Å². The van der Waals surface area contributed by atoms with Crippen LogP contribution in [-0.2, 0) is 0 Å². The van der Waals surface area contributed by atoms with E-state index < -0.39 is 0 Å². The minimum atomic E-state index is 0.857. The van der Waals surface area contributed by atoms with E-state index in [1.807, 2.05) is 32.2 Å². The Morgan fingerprint density at radius 2 is 1.94 bits per heavy atom. The second kappa shape index (κ2) is 5.04. The third kappa shape index (κ3) is 2.14. The van der Waals surface area contributed by atoms with E-state index in [1.54, 1.807) is 13.4 Å². The van der Waals surface area contributed by atoms with Crippen LogP contribution in [0.3, 0.4) is 0 Å². The lowest BCUT2D eigenvalue weighted by Gasteiger charge is -2.12. The highest BCUT2D eigenvalue weighted by Gasteiger charge is 2.10. The van der Waals surface area contributed by atoms with Crippen LogP contribution in [-0.4, -0.2) is 24.1 Å². The van der Waals surface area contributed by atoms with Crippen molar-refractivity contribution in [3.63, 3.8) is 0 Å². The quantitative estimate of drug-likeness (QED) is 0.900. The molecule has 0 atom stereocenters. The SMILES string of the molecule is CNc1ncnc(-c2ccc(OC)cc2C)c1C. The van der Waals surface area contributed by atoms with Crippen molar-refractivity contribution in [2.75, 3.05) is 19.5 Å². The van der Waals surface area contributed by atoms with Crippen LogP contribution >= 0.6 is 0 Å². The summed E-state index contributed by atoms with van der Waals surface area (Å²) in [5.74, 6) is 1.71. The average molecular weight is 243 g/mol. The normalized spacial score (nSPS) is 10.2. The first-order chi connectivity index (χ1) is 8.67. The molecule has 1 aromatic heterocycles. The molecule has 4 nitrogen and oxygen atoms in total. The molecule has 1 aromatic carbocycles. The van der Waals surface area contributed by atoms with Crippen LogP contribution < -0.4 is 10.1 Å². The highest BCUT2D eigenvalue weighted by Crippen LogP contribution is 2.29. The number of methoxy groups -OCH3 is 1. The predicted molar refractivity (Wildman–Crippen MR) is 73.0 cm³/mol. The van der Waals surface area contributed by atoms with Crippen LogP contribution in [0.1, 0.15) is 11.1 Å². The van der Waals surface area contributed by atoms with E-state index in [-0.39, 0.29) is 0 Å². The third-order valence-electron chi connectivity index (χ3n) is 3.01. The Morgan fingerprint density at radius 3 is 2.56 bits per heavy atom. The van der Waals surface area contributed by atoms with Gasteiger partial charge >= 0.3 is 0 Å². The lowest BCUT2D eigenvalue weighted by atomic mass is 10.0. The largest absolute Gasteiger partial charge is 0.497 e. The maximum absolute atomic E-state index is 5.22. The van der Waals surface area contributed by atoms with Crippen LogP contribution in [0.4, 0.5) is 5.82 Å². The molecule has 0 aliphatic carbocycles. The van der Waals surface area contributed by atoms with Crippen molar-refractivity contribution in [3.8, 4) is 17.0 Å². The van der Waals surface area contributed by atoms with Gasteiger partial charge in [0.25, 0.3) is 0 Å². The highest BCUT2D eigenvalue weighted by atomic mass is 16.5. The van der Waals surface area contributed by atoms with E-state index in [0.29, 0.717) is 0 Å². The zero-order valence-corrected chi connectivity index (χ0v) is 11.1. The standard InChI is InChI=1S/C14H17N3O/c1-9-7-11(18-4)5-6-12(9)13-10(2)14(15-3)17-8-16-13/h5-8H,1-4H3,(H,15,16,17). The molecular weight excluding hydrogens is 226 g/mol. The maximum Gasteiger partial charge on any atom is 0.132 e. The summed E-state index contributed by atoms with van der Waals surface area (Å²) >= 11 is 0. The minimum Gasteiger partial charge on any atom is -0.497 e. The number of aromatic nitrogens is 2. The lowest BCUT2D eigenvalue weighted by Crippen LogP contribution is -2.00. The average Bonchev–Trinajstić information content (AvgIpc) is 2.39. The zero-order valence-electron chi connectivity index (χ0n) is 11.1. The number of nitrogens with zero attached hydrogens (tertiary/aromatic N) is 2. The number of rotatable bonds is 3. The summed E-state index contributed by atoms with van der Waals surface area (Å²) in [5.41, 5.74) is 4.24. The fourth-order valence-electron chi connectivity index (χ4n) is 2.00. The molecule has 0 saturated carbocycles. The first-order valence-electron chi connectivity index (χ1n) is 5.81. The Morgan fingerprint density at radius 1 is 1.17 bits per heavy atom. The lowest BCUT2D eigenvalue weighted by molar-refractivity contribution is 0.414. The highest BCUT2D eigenvalue weighted by molar-refractivity contribution is 5.71. The Balaban J connectivity index is 2.55. The summed E-state index contributed by atoms with van der Waals surface area (Å²) in [6, 6.07) is 5.99. The van der Waals surface area contributed by atoms with Crippen LogP contribution in [0.2, 0.25) is 0 Å². The number of benzene rings is 1. The topological polar surface area (TPSA) is 47.0 Å². The first kappa shape index (κ1) is 12.4. The predicted octanol–water partition coefficient (Wildman–Crippen LogP) is 2.81. The van der Waals surface area contributed by atoms with Crippen molar-refractivity contribution in [1.29, 1.82) is 0 Å². The number of hydrogen-bond donors (Lipinski definition) is 1. The molecule has 0 spiro atoms. The summed E-state index contributed by atoms with van der Waals surface area (Å²) in [6.07, 6.45) is 1.58. The summed E-state index contributed by atoms with van der Waals surface area (Å²) in [6.45, 7) is 4.07. The van der Waals surface area contributed by atoms with Gasteiger partial charge in [0.1, 0.15) is 17.9 Å². The van der Waals surface area contributed by atoms with E-state index in [0.717, 1.165) is 34.0 Å². The molecule has 0 radical (unpaired) electrons. The molecule has 0 aliphatic heterocycles. The number of anilines is 1. The zero-order chi connectivity index (χ0) is 13.1. The molecule has 0 amide bonds. The molecule has 18 heavy (non-hydrogen) atoms. The molecule has 2 rings (SSSR count). The van der Waals surface area contributed by atoms with Crippen LogP contribution in [0.25, 0.3) is 11.3 Å². The van der Waals surface area contributed by atoms with Gasteiger partial charge in [-0.3, -0.25) is 0 Å². The second-order valence-electron chi connectivity index (χ2n) is 4.13. The van der Waals surface area contributed by atoms with Gasteiger partial charge in [0, 0.05) is 18.2 Å². The van der Waals surface area contributed by atoms with Gasteiger partial charge in [-0.25, -0.2) is 9.97 Å². The molecule has 0 aliphatic rings. The molecule has 4 heteroatoms. The Bertz CT molecular complexity index is 567. The van der Waals surface area contributed by atoms with E-state index in [9.17, 15) is 0 Å². The second-order valence-corrected chi connectivity index (χ2v) is 4.13. The van der Waals surface area contributed by atoms with Crippen LogP contribution in [0, 0.1) is 13.8 Å². The molecule has 94 valence electrons. The molecule has 1 heterocycles. The van der Waals surface area contributed by atoms with Gasteiger partial charge in [-0.05, 0) is 37.6 Å². The van der Waals surface area contributed by atoms with Gasteiger partial charge in [0.05, 0.1) is 12.8 Å². The van der Waals surface area contributed by atoms with E-state index in [2.05, 4.69) is 22.2 Å². The van der Waals surface area contributed by atoms with Crippen molar-refractivity contribution in [2.45, 2.75) is 13.8 Å². The van der Waals surface area contributed by atoms with Gasteiger partial charge in [0.2, 0.25) is 0 Å². The fourth-order valence-corrected chi connectivity index (χ4v) is 2.00. The third-order valence-corrected chi connectivity index (χ3v) is 3.01. The molecule has 1 N–H and O–H groups in total. The first-order valence-corrected chi connectivity index (χ1v) is 5.81. The maximum atomic E-state index is 5.22. The fraction of sp³-hybridized carbons (Fsp3) is 0.286. The van der Waals surface area contributed by atoms with E-state index in [4.69, 9.17) is 4.74 Å². The summed E-state index contributed by atoms with van der Waals surface area (Å²) in [7, 11) is 3.53. The van der Waals surface area contributed by atoms with Crippen molar-refractivity contribution in [1.82, 2.24) is 9.97 Å². The molecule has 2 aromatic rings. The van der Waals surface area contributed by atoms with E-state index >= 15 is 0 Å². The monoisotopic (exact) mass is 243 g/mol. The van der Waals surface area contributed by atoms with Crippen molar-refractivity contribution >= 4 is 5.82 Å². The number of hydrogen-bond acceptors (Lipinski definition) is 4. The van der Waals surface area contributed by atoms with Gasteiger partial charge in [-0.1, -0.05) is 0 Å². The van der Waals surface area contributed by atoms with Crippen LogP contribution in [0.15, 0.2) is 24.5 Å². The number of aryl methyl sites for hydroxylation is 1. The summed E-state index contributed by atoms with van der Waals surface area (Å²) in [5, 5.41) is 3.07. The Labute approximate surface area is 107 Å². The summed E-state index contributed by atoms with van der Waals surface area (Å²) < 4.78 is 5.22. The Kier molecular flexibility index (Phi) is 3.46. The molecule has 0 fully saturated rings. The molecule has 0 bridgehead atoms. The van der Waals surface area contributed by atoms with Gasteiger partial charge in [-0.2, -0.15) is 0 Å². The summed E-state index contributed by atoms with van der Waals surface area (Å²) in [4.78, 5) is 8.58. The van der Waals surface area contributed by atoms with Crippen molar-refractivity contribution in [2.24, 2.45) is 0 Å². The molecular formula is C14H17N3O. The Hall–Kier alpha value is -2.10. The van der Waals surface area contributed by atoms with Gasteiger partial charge in [-0.15, -0.1) is 0 Å². The number of nitrogens with one attached hydrogen (secondary N) is 1. The molecule has 0 saturated heterocycles. The van der Waals surface area contributed by atoms with Gasteiger partial charge in [0.15, 0.2) is 0 Å². The van der Waals surface area contributed by atoms with Crippen molar-refractivity contribution in [3.05, 3.63) is 35.7 Å². The molecule has 0 unspecified atom stereocenters. The van der Waals surface area contributed by atoms with Gasteiger partial charge < -0.3 is 10.1 Å². The van der Waals surface area contributed by atoms with Crippen molar-refractivity contribution < 1.29 is 4.74 Å². The minimum absolute atomic E-state index is 0.857. The van der Waals surface area contributed by atoms with Crippen LogP contribution in [0.5, 0.6) is 5.75 Å². The smallest absolute Gasteiger partial charge is 0.132 e. The number of ether oxygens (including phenoxy) is 1.